The van der Waals surface area contributed by atoms with Gasteiger partial charge in [-0.05, 0) is 0 Å². The van der Waals surface area contributed by atoms with E-state index in [0.717, 1.165) is 0 Å². The van der Waals surface area contributed by atoms with Crippen LogP contribution in [0.3, 0.4) is 0 Å². The van der Waals surface area contributed by atoms with Gasteiger partial charge in [-0.25, -0.2) is 0 Å². The Bertz CT molecular complexity index is 103. The molecule has 0 aliphatic carbocycles. The fourth-order valence-electron chi connectivity index (χ4n) is 1.74. The summed E-state index contributed by atoms with van der Waals surface area (Å²) in [5, 5.41) is 0. The fraction of sp³-hybridized carbons (Fsp3) is 1.00. The predicted molar refractivity (Wildman–Crippen MR) is 87.0 cm³/mol. The predicted octanol–water partition coefficient (Wildman–Crippen LogP) is 6.06. The summed E-state index contributed by atoms with van der Waals surface area (Å²) in [6.07, 6.45) is 11.8. The molecule has 0 fully saturated rings. The molecule has 17 heavy (non-hydrogen) atoms. The van der Waals surface area contributed by atoms with Crippen LogP contribution in [0.15, 0.2) is 0 Å². The number of hydrogen-bond acceptors (Lipinski definition) is 0. The average molecular weight is 267 g/mol. The Morgan fingerprint density at radius 3 is 1.59 bits per heavy atom. The minimum Gasteiger partial charge on any atom is -0.146 e. The van der Waals surface area contributed by atoms with Crippen molar-refractivity contribution in [2.24, 2.45) is 0 Å². The highest BCUT2D eigenvalue weighted by Gasteiger charge is 1.95. The summed E-state index contributed by atoms with van der Waals surface area (Å²) in [5.41, 5.74) is 0. The molecule has 0 atom stereocenters. The van der Waals surface area contributed by atoms with Crippen LogP contribution in [0.25, 0.3) is 0 Å². The zero-order chi connectivity index (χ0) is 13.4. The summed E-state index contributed by atoms with van der Waals surface area (Å²) in [6.45, 7) is 4.59. The standard InChI is InChI=1S/C8H17.C4H9.3CH3.Al.Mg/c1-3-5-7-8-6-4-2;1-3-4-2;;;;;/h1,3-8H2,2H3;1,3-4H2,2H3;3*1H3;;. The molecular weight excluding hydrogens is 231 g/mol. The highest BCUT2D eigenvalue weighted by atomic mass is 27.2. The Morgan fingerprint density at radius 1 is 0.647 bits per heavy atom. The Kier molecular flexibility index (Phi) is 23.8. The van der Waals surface area contributed by atoms with Gasteiger partial charge in [-0.1, -0.05) is 65.2 Å². The van der Waals surface area contributed by atoms with Gasteiger partial charge < -0.3 is 0 Å². The van der Waals surface area contributed by atoms with E-state index in [1.165, 1.54) is 44.9 Å². The van der Waals surface area contributed by atoms with Crippen LogP contribution in [0.4, 0.5) is 0 Å². The van der Waals surface area contributed by atoms with Gasteiger partial charge in [0.25, 0.3) is 14.1 Å². The Labute approximate surface area is 125 Å². The molecule has 0 bridgehead atoms. The van der Waals surface area contributed by atoms with Crippen molar-refractivity contribution in [1.82, 2.24) is 0 Å². The maximum absolute atomic E-state index is 2.31. The van der Waals surface area contributed by atoms with Crippen molar-refractivity contribution in [2.75, 3.05) is 0 Å². The van der Waals surface area contributed by atoms with E-state index in [9.17, 15) is 0 Å². The minimum atomic E-state index is -0.139. The van der Waals surface area contributed by atoms with Gasteiger partial charge in [0.05, 0.1) is 0 Å². The third kappa shape index (κ3) is 31.7. The molecule has 0 aliphatic rings. The minimum absolute atomic E-state index is 0.139. The van der Waals surface area contributed by atoms with Crippen molar-refractivity contribution in [3.8, 4) is 0 Å². The first-order chi connectivity index (χ1) is 8.15. The lowest BCUT2D eigenvalue weighted by atomic mass is 10.1. The lowest BCUT2D eigenvalue weighted by molar-refractivity contribution is 0.623. The van der Waals surface area contributed by atoms with Gasteiger partial charge >= 0.3 is 20.4 Å². The molecule has 0 N–H and O–H groups in total. The highest BCUT2D eigenvalue weighted by molar-refractivity contribution is 6.54. The van der Waals surface area contributed by atoms with Gasteiger partial charge in [-0.2, -0.15) is 0 Å². The summed E-state index contributed by atoms with van der Waals surface area (Å²) in [5.74, 6) is 6.92. The summed E-state index contributed by atoms with van der Waals surface area (Å²) in [4.78, 5) is 0. The smallest absolute Gasteiger partial charge is 0.146 e. The summed E-state index contributed by atoms with van der Waals surface area (Å²) in [6, 6.07) is 0. The molecule has 0 aromatic rings. The zero-order valence-corrected chi connectivity index (χ0v) is 15.9. The number of rotatable bonds is 10. The first-order valence-electron chi connectivity index (χ1n) is 8.15. The molecule has 0 spiro atoms. The molecule has 0 radical (unpaired) electrons. The molecule has 0 nitrogen and oxygen atoms in total. The summed E-state index contributed by atoms with van der Waals surface area (Å²) in [7, 11) is 0. The molecule has 0 aromatic heterocycles. The normalized spacial score (nSPS) is 9.24. The van der Waals surface area contributed by atoms with Crippen LogP contribution in [-0.2, 0) is 0 Å². The van der Waals surface area contributed by atoms with Crippen molar-refractivity contribution >= 4 is 34.5 Å². The van der Waals surface area contributed by atoms with Crippen molar-refractivity contribution < 1.29 is 0 Å². The van der Waals surface area contributed by atoms with Crippen LogP contribution < -0.4 is 0 Å². The molecule has 0 unspecified atom stereocenters. The molecule has 100 valence electrons. The Balaban J connectivity index is 0. The van der Waals surface area contributed by atoms with E-state index in [4.69, 9.17) is 0 Å². The third-order valence-electron chi connectivity index (χ3n) is 2.71. The van der Waals surface area contributed by atoms with E-state index in [-0.39, 0.29) is 14.1 Å². The molecular formula is C15H35AlMg. The lowest BCUT2D eigenvalue weighted by Crippen LogP contribution is -1.89. The second-order valence-electron chi connectivity index (χ2n) is 5.91. The molecule has 2 heteroatoms. The van der Waals surface area contributed by atoms with E-state index in [1.54, 1.807) is 15.5 Å². The summed E-state index contributed by atoms with van der Waals surface area (Å²) < 4.78 is 3.22. The maximum atomic E-state index is 2.31. The maximum Gasteiger partial charge on any atom is 0.364 e. The topological polar surface area (TPSA) is 0 Å². The van der Waals surface area contributed by atoms with E-state index in [0.29, 0.717) is 20.4 Å². The van der Waals surface area contributed by atoms with Crippen molar-refractivity contribution in [2.45, 2.75) is 91.7 Å². The molecule has 0 heterocycles. The zero-order valence-electron chi connectivity index (χ0n) is 13.4. The van der Waals surface area contributed by atoms with Gasteiger partial charge in [0.2, 0.25) is 0 Å². The van der Waals surface area contributed by atoms with Crippen molar-refractivity contribution in [3.05, 3.63) is 0 Å². The average Bonchev–Trinajstić information content (AvgIpc) is 2.26. The molecule has 0 amide bonds. The van der Waals surface area contributed by atoms with E-state index < -0.39 is 0 Å². The van der Waals surface area contributed by atoms with E-state index in [2.05, 4.69) is 31.2 Å². The van der Waals surface area contributed by atoms with Crippen molar-refractivity contribution in [3.63, 3.8) is 0 Å². The third-order valence-corrected chi connectivity index (χ3v) is 4.71. The van der Waals surface area contributed by atoms with Crippen LogP contribution in [0.2, 0.25) is 26.5 Å². The summed E-state index contributed by atoms with van der Waals surface area (Å²) >= 11 is 0.222. The lowest BCUT2D eigenvalue weighted by Gasteiger charge is -1.99. The second-order valence-corrected chi connectivity index (χ2v) is 11.5. The van der Waals surface area contributed by atoms with Gasteiger partial charge in [0, 0.05) is 0 Å². The highest BCUT2D eigenvalue weighted by Crippen LogP contribution is 2.08. The van der Waals surface area contributed by atoms with E-state index >= 15 is 0 Å². The SMILES string of the molecule is CCCCCCC[CH2][Mg][CH2]CCC.[CH3][Al]([CH3])[CH3]. The Morgan fingerprint density at radius 2 is 1.06 bits per heavy atom. The second kappa shape index (κ2) is 19.6. The van der Waals surface area contributed by atoms with Gasteiger partial charge in [0.1, 0.15) is 0 Å². The molecule has 0 rings (SSSR count). The first-order valence-corrected chi connectivity index (χ1v) is 13.6. The van der Waals surface area contributed by atoms with Crippen LogP contribution in [0.1, 0.15) is 65.2 Å². The van der Waals surface area contributed by atoms with Gasteiger partial charge in [-0.15, -0.1) is 26.5 Å². The van der Waals surface area contributed by atoms with Crippen LogP contribution >= 0.6 is 0 Å². The quantitative estimate of drug-likeness (QED) is 0.333. The van der Waals surface area contributed by atoms with Gasteiger partial charge in [0.15, 0.2) is 0 Å². The number of unbranched alkanes of at least 4 members (excludes halogenated alkanes) is 6. The molecule has 0 saturated heterocycles. The Hall–Kier alpha value is 1.30. The van der Waals surface area contributed by atoms with E-state index in [1.807, 2.05) is 0 Å². The first kappa shape index (κ1) is 20.6. The van der Waals surface area contributed by atoms with Crippen molar-refractivity contribution in [1.29, 1.82) is 0 Å². The fourth-order valence-corrected chi connectivity index (χ4v) is 3.65. The van der Waals surface area contributed by atoms with Crippen LogP contribution in [0, 0.1) is 0 Å². The largest absolute Gasteiger partial charge is 0.364 e. The molecule has 0 saturated carbocycles. The molecule has 0 aromatic carbocycles. The van der Waals surface area contributed by atoms with Gasteiger partial charge in [-0.3, -0.25) is 0 Å². The monoisotopic (exact) mass is 266 g/mol. The molecule has 0 aliphatic heterocycles. The van der Waals surface area contributed by atoms with Crippen LogP contribution in [0.5, 0.6) is 0 Å². The number of hydrogen-bond donors (Lipinski definition) is 0. The van der Waals surface area contributed by atoms with Crippen LogP contribution in [-0.4, -0.2) is 34.5 Å².